The number of nitrogens with zero attached hydrogens (tertiary/aromatic N) is 3. The highest BCUT2D eigenvalue weighted by Gasteiger charge is 2.24. The Morgan fingerprint density at radius 2 is 2.12 bits per heavy atom. The third kappa shape index (κ3) is 4.10. The fraction of sp³-hybridized carbons (Fsp3) is 0.333. The molecule has 4 heterocycles. The second kappa shape index (κ2) is 8.10. The summed E-state index contributed by atoms with van der Waals surface area (Å²) in [5.74, 6) is 1.77. The van der Waals surface area contributed by atoms with Crippen molar-refractivity contribution in [2.45, 2.75) is 19.5 Å². The largest absolute Gasteiger partial charge is 0.459 e. The summed E-state index contributed by atoms with van der Waals surface area (Å²) in [4.78, 5) is 12.4. The predicted octanol–water partition coefficient (Wildman–Crippen LogP) is 3.67. The highest BCUT2D eigenvalue weighted by Crippen LogP contribution is 2.30. The van der Waals surface area contributed by atoms with Gasteiger partial charge in [-0.2, -0.15) is 0 Å². The van der Waals surface area contributed by atoms with Gasteiger partial charge < -0.3 is 9.73 Å². The fourth-order valence-electron chi connectivity index (χ4n) is 3.09. The predicted molar refractivity (Wildman–Crippen MR) is 102 cm³/mol. The third-order valence-electron chi connectivity index (χ3n) is 4.31. The van der Waals surface area contributed by atoms with Crippen molar-refractivity contribution in [1.82, 2.24) is 20.2 Å². The normalized spacial score (nSPS) is 18.0. The lowest BCUT2D eigenvalue weighted by Crippen LogP contribution is -2.45. The molecule has 7 heteroatoms. The molecule has 4 rings (SSSR count). The molecule has 0 saturated carbocycles. The summed E-state index contributed by atoms with van der Waals surface area (Å²) >= 11 is 1.71. The maximum Gasteiger partial charge on any atom is 0.162 e. The van der Waals surface area contributed by atoms with Crippen molar-refractivity contribution >= 4 is 23.7 Å². The fourth-order valence-corrected chi connectivity index (χ4v) is 3.99. The van der Waals surface area contributed by atoms with E-state index in [1.165, 1.54) is 10.4 Å². The summed E-state index contributed by atoms with van der Waals surface area (Å²) in [6, 6.07) is 8.55. The third-order valence-corrected chi connectivity index (χ3v) is 5.31. The van der Waals surface area contributed by atoms with Crippen LogP contribution in [0, 0.1) is 6.92 Å². The lowest BCUT2D eigenvalue weighted by Gasteiger charge is -2.36. The monoisotopic (exact) mass is 376 g/mol. The first kappa shape index (κ1) is 18.1. The van der Waals surface area contributed by atoms with Crippen molar-refractivity contribution in [3.05, 3.63) is 59.1 Å². The summed E-state index contributed by atoms with van der Waals surface area (Å²) in [5.41, 5.74) is 1.31. The van der Waals surface area contributed by atoms with Gasteiger partial charge in [-0.3, -0.25) is 9.88 Å². The Hall–Kier alpha value is -1.73. The molecule has 0 bridgehead atoms. The molecule has 1 saturated heterocycles. The van der Waals surface area contributed by atoms with E-state index < -0.39 is 0 Å². The maximum absolute atomic E-state index is 5.68. The molecule has 0 spiro atoms. The first-order valence-corrected chi connectivity index (χ1v) is 8.97. The average molecular weight is 377 g/mol. The van der Waals surface area contributed by atoms with Crippen LogP contribution in [0.1, 0.15) is 22.2 Å². The number of pyridine rings is 1. The van der Waals surface area contributed by atoms with E-state index >= 15 is 0 Å². The van der Waals surface area contributed by atoms with Crippen LogP contribution in [0.4, 0.5) is 0 Å². The Labute approximate surface area is 157 Å². The van der Waals surface area contributed by atoms with E-state index in [1.807, 2.05) is 37.6 Å². The van der Waals surface area contributed by atoms with Gasteiger partial charge in [-0.15, -0.1) is 23.7 Å². The number of aromatic nitrogens is 2. The quantitative estimate of drug-likeness (QED) is 0.752. The molecule has 1 aliphatic rings. The number of piperazine rings is 1. The van der Waals surface area contributed by atoms with Gasteiger partial charge in [0, 0.05) is 55.7 Å². The van der Waals surface area contributed by atoms with Crippen LogP contribution in [0.3, 0.4) is 0 Å². The Bertz CT molecular complexity index is 804. The molecule has 0 aliphatic carbocycles. The summed E-state index contributed by atoms with van der Waals surface area (Å²) in [6.07, 6.45) is 5.71. The van der Waals surface area contributed by atoms with E-state index in [4.69, 9.17) is 4.42 Å². The van der Waals surface area contributed by atoms with Crippen LogP contribution in [0.5, 0.6) is 0 Å². The van der Waals surface area contributed by atoms with Crippen LogP contribution in [0.15, 0.2) is 47.3 Å². The summed E-state index contributed by atoms with van der Waals surface area (Å²) in [7, 11) is 0. The topological polar surface area (TPSA) is 54.2 Å². The van der Waals surface area contributed by atoms with Crippen LogP contribution >= 0.6 is 23.7 Å². The van der Waals surface area contributed by atoms with Crippen molar-refractivity contribution in [3.8, 4) is 10.8 Å². The molecule has 3 aromatic rings. The molecule has 1 unspecified atom stereocenters. The Kier molecular flexibility index (Phi) is 5.86. The number of furan rings is 1. The summed E-state index contributed by atoms with van der Waals surface area (Å²) < 4.78 is 5.68. The second-order valence-corrected chi connectivity index (χ2v) is 7.13. The SMILES string of the molecule is Cc1ccc(-c2ncc(CN3CCNCC3c3ccncc3)s2)o1.Cl. The number of nitrogens with one attached hydrogen (secondary N) is 1. The van der Waals surface area contributed by atoms with Gasteiger partial charge in [-0.25, -0.2) is 4.98 Å². The average Bonchev–Trinajstić information content (AvgIpc) is 3.25. The van der Waals surface area contributed by atoms with E-state index in [0.717, 1.165) is 42.7 Å². The highest BCUT2D eigenvalue weighted by molar-refractivity contribution is 7.14. The lowest BCUT2D eigenvalue weighted by atomic mass is 10.0. The van der Waals surface area contributed by atoms with Crippen LogP contribution in [0.2, 0.25) is 0 Å². The van der Waals surface area contributed by atoms with Crippen molar-refractivity contribution in [2.24, 2.45) is 0 Å². The Morgan fingerprint density at radius 1 is 1.28 bits per heavy atom. The highest BCUT2D eigenvalue weighted by atomic mass is 35.5. The number of aryl methyl sites for hydroxylation is 1. The zero-order chi connectivity index (χ0) is 16.4. The van der Waals surface area contributed by atoms with E-state index in [9.17, 15) is 0 Å². The van der Waals surface area contributed by atoms with Crippen molar-refractivity contribution in [1.29, 1.82) is 0 Å². The minimum atomic E-state index is 0. The second-order valence-electron chi connectivity index (χ2n) is 6.01. The minimum Gasteiger partial charge on any atom is -0.459 e. The minimum absolute atomic E-state index is 0. The van der Waals surface area contributed by atoms with Gasteiger partial charge in [0.15, 0.2) is 10.8 Å². The first-order chi connectivity index (χ1) is 11.8. The van der Waals surface area contributed by atoms with Gasteiger partial charge >= 0.3 is 0 Å². The van der Waals surface area contributed by atoms with Gasteiger partial charge in [0.05, 0.1) is 0 Å². The Balaban J connectivity index is 0.00000182. The molecule has 5 nitrogen and oxygen atoms in total. The number of rotatable bonds is 4. The first-order valence-electron chi connectivity index (χ1n) is 8.16. The van der Waals surface area contributed by atoms with E-state index in [2.05, 4.69) is 32.3 Å². The molecular weight excluding hydrogens is 356 g/mol. The van der Waals surface area contributed by atoms with Crippen LogP contribution in [-0.2, 0) is 6.54 Å². The van der Waals surface area contributed by atoms with E-state index in [0.29, 0.717) is 6.04 Å². The zero-order valence-electron chi connectivity index (χ0n) is 14.0. The van der Waals surface area contributed by atoms with Gasteiger partial charge in [0.25, 0.3) is 0 Å². The van der Waals surface area contributed by atoms with Gasteiger partial charge in [-0.05, 0) is 36.8 Å². The van der Waals surface area contributed by atoms with E-state index in [-0.39, 0.29) is 12.4 Å². The number of halogens is 1. The summed E-state index contributed by atoms with van der Waals surface area (Å²) in [6.45, 7) is 5.88. The molecule has 0 radical (unpaired) electrons. The number of hydrogen-bond donors (Lipinski definition) is 1. The lowest BCUT2D eigenvalue weighted by molar-refractivity contribution is 0.155. The summed E-state index contributed by atoms with van der Waals surface area (Å²) in [5, 5.41) is 4.45. The van der Waals surface area contributed by atoms with Gasteiger partial charge in [-0.1, -0.05) is 0 Å². The molecule has 1 N–H and O–H groups in total. The molecule has 1 aliphatic heterocycles. The molecule has 3 aromatic heterocycles. The molecular formula is C18H21ClN4OS. The molecule has 132 valence electrons. The van der Waals surface area contributed by atoms with Crippen molar-refractivity contribution < 1.29 is 4.42 Å². The van der Waals surface area contributed by atoms with E-state index in [1.54, 1.807) is 11.3 Å². The van der Waals surface area contributed by atoms with Gasteiger partial charge in [0.2, 0.25) is 0 Å². The smallest absolute Gasteiger partial charge is 0.162 e. The van der Waals surface area contributed by atoms with Crippen molar-refractivity contribution in [3.63, 3.8) is 0 Å². The molecule has 1 atom stereocenters. The van der Waals surface area contributed by atoms with Crippen LogP contribution in [0.25, 0.3) is 10.8 Å². The van der Waals surface area contributed by atoms with Gasteiger partial charge in [0.1, 0.15) is 5.76 Å². The van der Waals surface area contributed by atoms with Crippen LogP contribution in [-0.4, -0.2) is 34.5 Å². The molecule has 0 amide bonds. The number of hydrogen-bond acceptors (Lipinski definition) is 6. The number of thiazole rings is 1. The standard InChI is InChI=1S/C18H20N4OS.ClH/c1-13-2-3-17(23-13)18-21-10-15(24-18)12-22-9-8-20-11-16(22)14-4-6-19-7-5-14;/h2-7,10,16,20H,8-9,11-12H2,1H3;1H. The molecule has 25 heavy (non-hydrogen) atoms. The Morgan fingerprint density at radius 3 is 2.88 bits per heavy atom. The molecule has 1 fully saturated rings. The zero-order valence-corrected chi connectivity index (χ0v) is 15.6. The van der Waals surface area contributed by atoms with Crippen LogP contribution < -0.4 is 5.32 Å². The molecule has 0 aromatic carbocycles. The van der Waals surface area contributed by atoms with Crippen molar-refractivity contribution in [2.75, 3.05) is 19.6 Å². The maximum atomic E-state index is 5.68.